The van der Waals surface area contributed by atoms with Crippen LogP contribution < -0.4 is 5.32 Å². The van der Waals surface area contributed by atoms with Crippen LogP contribution in [0.2, 0.25) is 0 Å². The zero-order valence-electron chi connectivity index (χ0n) is 13.7. The first-order valence-electron chi connectivity index (χ1n) is 8.14. The molecule has 0 saturated heterocycles. The van der Waals surface area contributed by atoms with Crippen LogP contribution in [-0.2, 0) is 0 Å². The molecule has 3 aromatic heterocycles. The van der Waals surface area contributed by atoms with E-state index >= 15 is 0 Å². The van der Waals surface area contributed by atoms with E-state index in [-0.39, 0.29) is 12.6 Å². The second-order valence-corrected chi connectivity index (χ2v) is 5.72. The van der Waals surface area contributed by atoms with E-state index in [0.717, 1.165) is 0 Å². The van der Waals surface area contributed by atoms with E-state index in [1.54, 1.807) is 42.7 Å². The maximum absolute atomic E-state index is 14.1. The third kappa shape index (κ3) is 3.02. The minimum absolute atomic E-state index is 0.00623. The van der Waals surface area contributed by atoms with Gasteiger partial charge in [-0.15, -0.1) is 15.3 Å². The Morgan fingerprint density at radius 2 is 2.00 bits per heavy atom. The Hall–Kier alpha value is -3.26. The van der Waals surface area contributed by atoms with Crippen LogP contribution in [0.4, 0.5) is 10.2 Å². The van der Waals surface area contributed by atoms with E-state index in [9.17, 15) is 9.50 Å². The molecule has 0 aliphatic carbocycles. The monoisotopic (exact) mass is 353 g/mol. The van der Waals surface area contributed by atoms with Gasteiger partial charge in [0.2, 0.25) is 0 Å². The first-order valence-corrected chi connectivity index (χ1v) is 8.14. The number of aliphatic hydroxyl groups is 1. The van der Waals surface area contributed by atoms with E-state index in [1.807, 2.05) is 6.07 Å². The Bertz CT molecular complexity index is 1020. The molecule has 0 spiro atoms. The Labute approximate surface area is 148 Å². The summed E-state index contributed by atoms with van der Waals surface area (Å²) in [7, 11) is 0. The molecule has 132 valence electrons. The lowest BCUT2D eigenvalue weighted by molar-refractivity contribution is 0.273. The van der Waals surface area contributed by atoms with Crippen molar-refractivity contribution in [2.75, 3.05) is 11.9 Å². The quantitative estimate of drug-likeness (QED) is 0.554. The topological polar surface area (TPSA) is 88.5 Å². The number of hydrogen-bond acceptors (Lipinski definition) is 6. The molecule has 4 rings (SSSR count). The largest absolute Gasteiger partial charge is 0.467 e. The highest BCUT2D eigenvalue weighted by Crippen LogP contribution is 2.24. The number of aromatic nitrogens is 4. The summed E-state index contributed by atoms with van der Waals surface area (Å²) >= 11 is 0. The molecule has 0 saturated carbocycles. The average Bonchev–Trinajstić information content (AvgIpc) is 3.31. The van der Waals surface area contributed by atoms with Crippen molar-refractivity contribution in [1.82, 2.24) is 19.8 Å². The van der Waals surface area contributed by atoms with Crippen molar-refractivity contribution in [1.29, 1.82) is 0 Å². The molecule has 0 aliphatic heterocycles. The standard InChI is InChI=1S/C18H16FN5O2/c19-13-5-2-1-4-12(13)18-22-21-17-8-7-16(23-24(17)18)20-14(9-10-25)15-6-3-11-26-15/h1-8,11,14,25H,9-10H2,(H,20,23). The van der Waals surface area contributed by atoms with Gasteiger partial charge < -0.3 is 14.8 Å². The van der Waals surface area contributed by atoms with Gasteiger partial charge in [0.15, 0.2) is 11.5 Å². The van der Waals surface area contributed by atoms with Crippen LogP contribution in [0, 0.1) is 5.82 Å². The molecule has 1 unspecified atom stereocenters. The number of anilines is 1. The summed E-state index contributed by atoms with van der Waals surface area (Å²) < 4.78 is 21.0. The number of benzene rings is 1. The van der Waals surface area contributed by atoms with Crippen LogP contribution in [0.15, 0.2) is 59.2 Å². The van der Waals surface area contributed by atoms with E-state index in [2.05, 4.69) is 20.6 Å². The van der Waals surface area contributed by atoms with Crippen molar-refractivity contribution < 1.29 is 13.9 Å². The molecular weight excluding hydrogens is 337 g/mol. The molecule has 3 heterocycles. The average molecular weight is 353 g/mol. The van der Waals surface area contributed by atoms with Crippen LogP contribution in [0.1, 0.15) is 18.2 Å². The van der Waals surface area contributed by atoms with Gasteiger partial charge in [0.25, 0.3) is 0 Å². The summed E-state index contributed by atoms with van der Waals surface area (Å²) in [6.45, 7) is -0.00623. The highest BCUT2D eigenvalue weighted by atomic mass is 19.1. The predicted molar refractivity (Wildman–Crippen MR) is 93.0 cm³/mol. The van der Waals surface area contributed by atoms with Crippen molar-refractivity contribution in [3.63, 3.8) is 0 Å². The number of nitrogens with zero attached hydrogens (tertiary/aromatic N) is 4. The molecule has 0 radical (unpaired) electrons. The molecule has 8 heteroatoms. The van der Waals surface area contributed by atoms with Gasteiger partial charge in [-0.05, 0) is 42.8 Å². The Morgan fingerprint density at radius 1 is 1.12 bits per heavy atom. The first kappa shape index (κ1) is 16.2. The summed E-state index contributed by atoms with van der Waals surface area (Å²) in [5.41, 5.74) is 0.827. The fourth-order valence-corrected chi connectivity index (χ4v) is 2.76. The Balaban J connectivity index is 1.71. The van der Waals surface area contributed by atoms with Crippen LogP contribution in [0.3, 0.4) is 0 Å². The molecule has 0 bridgehead atoms. The zero-order valence-corrected chi connectivity index (χ0v) is 13.7. The summed E-state index contributed by atoms with van der Waals surface area (Å²) in [6.07, 6.45) is 2.03. The molecule has 7 nitrogen and oxygen atoms in total. The third-order valence-corrected chi connectivity index (χ3v) is 4.00. The summed E-state index contributed by atoms with van der Waals surface area (Å²) in [5.74, 6) is 1.15. The molecule has 0 amide bonds. The number of fused-ring (bicyclic) bond motifs is 1. The molecular formula is C18H16FN5O2. The van der Waals surface area contributed by atoms with Crippen molar-refractivity contribution in [2.45, 2.75) is 12.5 Å². The summed E-state index contributed by atoms with van der Waals surface area (Å²) in [4.78, 5) is 0. The molecule has 26 heavy (non-hydrogen) atoms. The number of furan rings is 1. The Kier molecular flexibility index (Phi) is 4.32. The molecule has 4 aromatic rings. The lowest BCUT2D eigenvalue weighted by Crippen LogP contribution is -2.13. The van der Waals surface area contributed by atoms with Crippen molar-refractivity contribution >= 4 is 11.5 Å². The molecule has 0 aliphatic rings. The van der Waals surface area contributed by atoms with Gasteiger partial charge in [-0.2, -0.15) is 4.52 Å². The minimum atomic E-state index is -0.393. The van der Waals surface area contributed by atoms with Crippen molar-refractivity contribution in [3.8, 4) is 11.4 Å². The second-order valence-electron chi connectivity index (χ2n) is 5.72. The number of halogens is 1. The van der Waals surface area contributed by atoms with Gasteiger partial charge in [0.05, 0.1) is 17.9 Å². The van der Waals surface area contributed by atoms with Crippen LogP contribution in [0.5, 0.6) is 0 Å². The smallest absolute Gasteiger partial charge is 0.188 e. The third-order valence-electron chi connectivity index (χ3n) is 4.00. The first-order chi connectivity index (χ1) is 12.8. The van der Waals surface area contributed by atoms with Gasteiger partial charge in [-0.1, -0.05) is 12.1 Å². The fourth-order valence-electron chi connectivity index (χ4n) is 2.76. The molecule has 1 atom stereocenters. The predicted octanol–water partition coefficient (Wildman–Crippen LogP) is 3.06. The van der Waals surface area contributed by atoms with Gasteiger partial charge >= 0.3 is 0 Å². The number of nitrogens with one attached hydrogen (secondary N) is 1. The Morgan fingerprint density at radius 3 is 2.77 bits per heavy atom. The molecule has 2 N–H and O–H groups in total. The zero-order chi connectivity index (χ0) is 17.9. The van der Waals surface area contributed by atoms with E-state index in [0.29, 0.717) is 35.0 Å². The van der Waals surface area contributed by atoms with Gasteiger partial charge in [0, 0.05) is 6.61 Å². The highest BCUT2D eigenvalue weighted by Gasteiger charge is 2.17. The van der Waals surface area contributed by atoms with E-state index in [4.69, 9.17) is 4.42 Å². The van der Waals surface area contributed by atoms with E-state index in [1.165, 1.54) is 10.6 Å². The van der Waals surface area contributed by atoms with E-state index < -0.39 is 5.82 Å². The summed E-state index contributed by atoms with van der Waals surface area (Å²) in [5, 5.41) is 25.1. The maximum Gasteiger partial charge on any atom is 0.188 e. The number of hydrogen-bond donors (Lipinski definition) is 2. The van der Waals surface area contributed by atoms with Gasteiger partial charge in [0.1, 0.15) is 17.4 Å². The molecule has 0 fully saturated rings. The van der Waals surface area contributed by atoms with Gasteiger partial charge in [-0.25, -0.2) is 4.39 Å². The lowest BCUT2D eigenvalue weighted by Gasteiger charge is -2.16. The molecule has 1 aromatic carbocycles. The van der Waals surface area contributed by atoms with Crippen LogP contribution in [0.25, 0.3) is 17.0 Å². The lowest BCUT2D eigenvalue weighted by atomic mass is 10.1. The van der Waals surface area contributed by atoms with Crippen LogP contribution in [-0.4, -0.2) is 31.5 Å². The normalized spacial score (nSPS) is 12.4. The highest BCUT2D eigenvalue weighted by molar-refractivity contribution is 5.60. The minimum Gasteiger partial charge on any atom is -0.467 e. The van der Waals surface area contributed by atoms with Crippen molar-refractivity contribution in [3.05, 3.63) is 66.4 Å². The SMILES string of the molecule is OCCC(Nc1ccc2nnc(-c3ccccc3F)n2n1)c1ccco1. The number of aliphatic hydroxyl groups excluding tert-OH is 1. The maximum atomic E-state index is 14.1. The van der Waals surface area contributed by atoms with Gasteiger partial charge in [-0.3, -0.25) is 0 Å². The summed E-state index contributed by atoms with van der Waals surface area (Å²) in [6, 6.07) is 13.2. The second kappa shape index (κ2) is 6.93. The van der Waals surface area contributed by atoms with Crippen molar-refractivity contribution in [2.24, 2.45) is 0 Å². The van der Waals surface area contributed by atoms with Crippen LogP contribution >= 0.6 is 0 Å². The number of rotatable bonds is 6. The fraction of sp³-hybridized carbons (Fsp3) is 0.167.